The van der Waals surface area contributed by atoms with Crippen LogP contribution in [0.1, 0.15) is 22.3 Å². The van der Waals surface area contributed by atoms with Gasteiger partial charge in [-0.05, 0) is 49.2 Å². The van der Waals surface area contributed by atoms with Crippen molar-refractivity contribution in [1.82, 2.24) is 9.97 Å². The summed E-state index contributed by atoms with van der Waals surface area (Å²) in [5.41, 5.74) is 5.94. The second-order valence-electron chi connectivity index (χ2n) is 6.42. The minimum Gasteiger partial charge on any atom is -0.366 e. The fraction of sp³-hybridized carbons (Fsp3) is 0.0714. The van der Waals surface area contributed by atoms with E-state index in [1.807, 2.05) is 97.3 Å². The third-order valence-electron chi connectivity index (χ3n) is 3.93. The second kappa shape index (κ2) is 14.5. The summed E-state index contributed by atoms with van der Waals surface area (Å²) < 4.78 is 0. The van der Waals surface area contributed by atoms with Gasteiger partial charge in [-0.2, -0.15) is 0 Å². The van der Waals surface area contributed by atoms with Crippen LogP contribution in [0.2, 0.25) is 0 Å². The van der Waals surface area contributed by atoms with Crippen LogP contribution in [0.3, 0.4) is 0 Å². The fourth-order valence-corrected chi connectivity index (χ4v) is 2.40. The Balaban J connectivity index is 0.000000245. The number of aromatic nitrogens is 2. The molecule has 0 aliphatic heterocycles. The van der Waals surface area contributed by atoms with Crippen LogP contribution in [0, 0.1) is 38.5 Å². The molecule has 0 bridgehead atoms. The third-order valence-corrected chi connectivity index (χ3v) is 3.93. The summed E-state index contributed by atoms with van der Waals surface area (Å²) >= 11 is 0. The Morgan fingerprint density at radius 1 is 0.581 bits per heavy atom. The summed E-state index contributed by atoms with van der Waals surface area (Å²) in [5.74, 6) is 4.55. The molecule has 4 aromatic rings. The monoisotopic (exact) mass is 581 g/mol. The Morgan fingerprint density at radius 3 is 1.19 bits per heavy atom. The molecule has 2 aromatic carbocycles. The van der Waals surface area contributed by atoms with Crippen LogP contribution in [0.5, 0.6) is 0 Å². The Hall–Kier alpha value is -3.45. The van der Waals surface area contributed by atoms with Gasteiger partial charge in [-0.15, -0.1) is 35.4 Å². The van der Waals surface area contributed by atoms with Crippen molar-refractivity contribution in [2.75, 3.05) is 0 Å². The van der Waals surface area contributed by atoms with Gasteiger partial charge in [-0.1, -0.05) is 36.4 Å². The topological polar surface area (TPSA) is 25.8 Å². The molecule has 2 nitrogen and oxygen atoms in total. The average molecular weight is 582 g/mol. The van der Waals surface area contributed by atoms with Crippen LogP contribution >= 0.6 is 0 Å². The Labute approximate surface area is 200 Å². The fourth-order valence-electron chi connectivity index (χ4n) is 2.40. The molecular formula is C28H22N2Pt. The second-order valence-corrected chi connectivity index (χ2v) is 6.42. The van der Waals surface area contributed by atoms with Crippen LogP contribution < -0.4 is 0 Å². The molecule has 2 heterocycles. The first kappa shape index (κ1) is 25.6. The van der Waals surface area contributed by atoms with Crippen molar-refractivity contribution in [2.45, 2.75) is 13.8 Å². The molecule has 0 radical (unpaired) electrons. The maximum absolute atomic E-state index is 6.69. The van der Waals surface area contributed by atoms with E-state index in [4.69, 9.17) is 12.8 Å². The smallest absolute Gasteiger partial charge is 0.366 e. The van der Waals surface area contributed by atoms with Gasteiger partial charge in [-0.3, -0.25) is 21.8 Å². The third kappa shape index (κ3) is 9.73. The van der Waals surface area contributed by atoms with Gasteiger partial charge in [0, 0.05) is 12.4 Å². The predicted molar refractivity (Wildman–Crippen MR) is 122 cm³/mol. The predicted octanol–water partition coefficient (Wildman–Crippen LogP) is 6.01. The first-order valence-corrected chi connectivity index (χ1v) is 9.43. The van der Waals surface area contributed by atoms with Gasteiger partial charge < -0.3 is 12.8 Å². The van der Waals surface area contributed by atoms with Crippen LogP contribution in [0.4, 0.5) is 0 Å². The number of pyridine rings is 2. The molecule has 0 spiro atoms. The van der Waals surface area contributed by atoms with Crippen molar-refractivity contribution < 1.29 is 21.1 Å². The summed E-state index contributed by atoms with van der Waals surface area (Å²) in [6.45, 7) is 4.11. The molecular weight excluding hydrogens is 559 g/mol. The molecule has 0 N–H and O–H groups in total. The zero-order valence-corrected chi connectivity index (χ0v) is 19.7. The maximum atomic E-state index is 6.69. The van der Waals surface area contributed by atoms with E-state index in [1.165, 1.54) is 11.1 Å². The Morgan fingerprint density at radius 2 is 0.935 bits per heavy atom. The minimum atomic E-state index is 0. The molecule has 0 fully saturated rings. The molecule has 0 aliphatic carbocycles. The summed E-state index contributed by atoms with van der Waals surface area (Å²) in [4.78, 5) is 8.58. The molecule has 0 amide bonds. The zero-order chi connectivity index (χ0) is 21.6. The number of rotatable bonds is 1. The van der Waals surface area contributed by atoms with Crippen molar-refractivity contribution in [3.05, 3.63) is 132 Å². The molecule has 31 heavy (non-hydrogen) atoms. The Bertz CT molecular complexity index is 1030. The molecule has 2 aromatic heterocycles. The first-order chi connectivity index (χ1) is 14.6. The molecule has 0 atom stereocenters. The van der Waals surface area contributed by atoms with E-state index in [0.29, 0.717) is 0 Å². The molecule has 4 rings (SSSR count). The van der Waals surface area contributed by atoms with Gasteiger partial charge in [0.15, 0.2) is 0 Å². The van der Waals surface area contributed by atoms with E-state index in [-0.39, 0.29) is 21.1 Å². The van der Waals surface area contributed by atoms with E-state index >= 15 is 0 Å². The summed E-state index contributed by atoms with van der Waals surface area (Å²) in [6.07, 6.45) is 17.0. The summed E-state index contributed by atoms with van der Waals surface area (Å²) in [7, 11) is 0. The standard InChI is InChI=1S/C12H12N2.2C8H5.Pt/c1-9-3-5-13-11(7-9)12-8-10(2)4-6-14-12;2*1-2-8-6-4-3-5-7-8;/h3-8H,1-2H3;2*3-7H;/q;2*-1;+2. The Kier molecular flexibility index (Phi) is 12.0. The maximum Gasteiger partial charge on any atom is 2.00 e. The van der Waals surface area contributed by atoms with Gasteiger partial charge in [0.2, 0.25) is 0 Å². The quantitative estimate of drug-likeness (QED) is 0.204. The molecule has 0 unspecified atom stereocenters. The number of hydrogen-bond acceptors (Lipinski definition) is 2. The van der Waals surface area contributed by atoms with Crippen molar-refractivity contribution in [3.63, 3.8) is 0 Å². The van der Waals surface area contributed by atoms with Crippen LogP contribution in [0.25, 0.3) is 11.4 Å². The average Bonchev–Trinajstić information content (AvgIpc) is 2.81. The SMILES string of the molecule is Cc1ccnc(-c2cc(C)ccn2)c1.[C-]#Cc1ccccc1.[C-]#Cc1ccccc1.[Pt+2]. The largest absolute Gasteiger partial charge is 2.00 e. The molecule has 3 heteroatoms. The van der Waals surface area contributed by atoms with E-state index in [1.54, 1.807) is 0 Å². The minimum absolute atomic E-state index is 0. The number of benzene rings is 2. The molecule has 0 aliphatic rings. The van der Waals surface area contributed by atoms with E-state index in [9.17, 15) is 0 Å². The van der Waals surface area contributed by atoms with E-state index in [0.717, 1.165) is 22.5 Å². The zero-order valence-electron chi connectivity index (χ0n) is 17.4. The van der Waals surface area contributed by atoms with Crippen molar-refractivity contribution in [1.29, 1.82) is 0 Å². The van der Waals surface area contributed by atoms with Gasteiger partial charge >= 0.3 is 21.1 Å². The molecule has 0 saturated carbocycles. The summed E-state index contributed by atoms with van der Waals surface area (Å²) in [6, 6.07) is 26.8. The molecule has 0 saturated heterocycles. The normalized spacial score (nSPS) is 8.65. The van der Waals surface area contributed by atoms with Gasteiger partial charge in [-0.25, -0.2) is 0 Å². The van der Waals surface area contributed by atoms with Crippen molar-refractivity contribution in [2.24, 2.45) is 0 Å². The van der Waals surface area contributed by atoms with Crippen LogP contribution in [-0.4, -0.2) is 9.97 Å². The first-order valence-electron chi connectivity index (χ1n) is 9.43. The van der Waals surface area contributed by atoms with Crippen LogP contribution in [0.15, 0.2) is 97.3 Å². The van der Waals surface area contributed by atoms with Gasteiger partial charge in [0.25, 0.3) is 0 Å². The number of hydrogen-bond donors (Lipinski definition) is 0. The van der Waals surface area contributed by atoms with Gasteiger partial charge in [0.1, 0.15) is 0 Å². The molecule has 154 valence electrons. The summed E-state index contributed by atoms with van der Waals surface area (Å²) in [5, 5.41) is 0. The van der Waals surface area contributed by atoms with Crippen molar-refractivity contribution >= 4 is 0 Å². The van der Waals surface area contributed by atoms with Gasteiger partial charge in [0.05, 0.1) is 11.4 Å². The van der Waals surface area contributed by atoms with E-state index in [2.05, 4.69) is 35.7 Å². The van der Waals surface area contributed by atoms with E-state index < -0.39 is 0 Å². The van der Waals surface area contributed by atoms with Crippen molar-refractivity contribution in [3.8, 4) is 23.2 Å². The number of nitrogens with zero attached hydrogens (tertiary/aromatic N) is 2. The van der Waals surface area contributed by atoms with Crippen LogP contribution in [-0.2, 0) is 21.1 Å². The number of aryl methyl sites for hydroxylation is 2.